The van der Waals surface area contributed by atoms with Gasteiger partial charge in [-0.1, -0.05) is 0 Å². The predicted octanol–water partition coefficient (Wildman–Crippen LogP) is 1.19. The van der Waals surface area contributed by atoms with Crippen LogP contribution in [0.2, 0.25) is 0 Å². The van der Waals surface area contributed by atoms with Gasteiger partial charge >= 0.3 is 0 Å². The smallest absolute Gasteiger partial charge is 0.251 e. The fourth-order valence-electron chi connectivity index (χ4n) is 1.99. The fraction of sp³-hybridized carbons (Fsp3) is 0.462. The number of carbonyl (C=O) groups is 1. The van der Waals surface area contributed by atoms with Crippen molar-refractivity contribution in [2.24, 2.45) is 0 Å². The third-order valence-corrected chi connectivity index (χ3v) is 3.01. The number of amides is 1. The molecule has 1 amide bonds. The minimum absolute atomic E-state index is 0.139. The van der Waals surface area contributed by atoms with Crippen LogP contribution >= 0.6 is 0 Å². The summed E-state index contributed by atoms with van der Waals surface area (Å²) >= 11 is 0. The molecule has 5 nitrogen and oxygen atoms in total. The number of hydrogen-bond acceptors (Lipinski definition) is 4. The molecular formula is C13H18N2O3. The molecule has 0 radical (unpaired) electrons. The molecule has 18 heavy (non-hydrogen) atoms. The molecule has 3 N–H and O–H groups in total. The summed E-state index contributed by atoms with van der Waals surface area (Å²) in [6.07, 6.45) is 2.21. The summed E-state index contributed by atoms with van der Waals surface area (Å²) in [5.74, 6) is 0.436. The van der Waals surface area contributed by atoms with Crippen LogP contribution in [0.3, 0.4) is 0 Å². The highest BCUT2D eigenvalue weighted by Crippen LogP contribution is 2.21. The highest BCUT2D eigenvalue weighted by Gasteiger charge is 2.16. The van der Waals surface area contributed by atoms with E-state index in [2.05, 4.69) is 5.32 Å². The van der Waals surface area contributed by atoms with Gasteiger partial charge in [-0.15, -0.1) is 0 Å². The maximum Gasteiger partial charge on any atom is 0.251 e. The van der Waals surface area contributed by atoms with Gasteiger partial charge in [0.25, 0.3) is 5.91 Å². The lowest BCUT2D eigenvalue weighted by Gasteiger charge is -2.11. The molecule has 1 heterocycles. The number of carbonyl (C=O) groups excluding carboxylic acids is 1. The molecule has 5 heteroatoms. The van der Waals surface area contributed by atoms with E-state index in [1.165, 1.54) is 0 Å². The standard InChI is InChI=1S/C13H18N2O3/c1-17-12-5-4-9(7-11(12)14)13(16)15-8-10-3-2-6-18-10/h4-5,7,10H,2-3,6,8,14H2,1H3,(H,15,16)/t10-/m1/s1. The van der Waals surface area contributed by atoms with Crippen molar-refractivity contribution in [1.29, 1.82) is 0 Å². The summed E-state index contributed by atoms with van der Waals surface area (Å²) in [6, 6.07) is 5.00. The minimum Gasteiger partial charge on any atom is -0.495 e. The molecule has 0 aromatic heterocycles. The summed E-state index contributed by atoms with van der Waals surface area (Å²) in [4.78, 5) is 11.9. The van der Waals surface area contributed by atoms with E-state index < -0.39 is 0 Å². The number of hydrogen-bond donors (Lipinski definition) is 2. The lowest BCUT2D eigenvalue weighted by Crippen LogP contribution is -2.31. The molecule has 1 aromatic carbocycles. The van der Waals surface area contributed by atoms with Gasteiger partial charge in [0.1, 0.15) is 5.75 Å². The Hall–Kier alpha value is -1.75. The largest absolute Gasteiger partial charge is 0.495 e. The molecule has 2 rings (SSSR count). The molecule has 1 aromatic rings. The molecule has 0 unspecified atom stereocenters. The molecule has 98 valence electrons. The van der Waals surface area contributed by atoms with Crippen LogP contribution in [-0.4, -0.2) is 32.3 Å². The highest BCUT2D eigenvalue weighted by atomic mass is 16.5. The summed E-state index contributed by atoms with van der Waals surface area (Å²) < 4.78 is 10.5. The van der Waals surface area contributed by atoms with Gasteiger partial charge in [0.2, 0.25) is 0 Å². The summed E-state index contributed by atoms with van der Waals surface area (Å²) in [7, 11) is 1.54. The number of nitrogens with two attached hydrogens (primary N) is 1. The zero-order valence-corrected chi connectivity index (χ0v) is 10.4. The van der Waals surface area contributed by atoms with Crippen LogP contribution in [0.1, 0.15) is 23.2 Å². The summed E-state index contributed by atoms with van der Waals surface area (Å²) in [6.45, 7) is 1.33. The summed E-state index contributed by atoms with van der Waals surface area (Å²) in [5, 5.41) is 2.85. The van der Waals surface area contributed by atoms with Gasteiger partial charge in [0.15, 0.2) is 0 Å². The molecule has 1 atom stereocenters. The second-order valence-corrected chi connectivity index (χ2v) is 4.30. The number of methoxy groups -OCH3 is 1. The van der Waals surface area contributed by atoms with Crippen molar-refractivity contribution in [1.82, 2.24) is 5.32 Å². The lowest BCUT2D eigenvalue weighted by molar-refractivity contribution is 0.0858. The number of anilines is 1. The molecule has 1 aliphatic heterocycles. The number of ether oxygens (including phenoxy) is 2. The number of rotatable bonds is 4. The van der Waals surface area contributed by atoms with Crippen LogP contribution in [0.15, 0.2) is 18.2 Å². The van der Waals surface area contributed by atoms with Crippen LogP contribution in [0.25, 0.3) is 0 Å². The molecule has 1 aliphatic rings. The van der Waals surface area contributed by atoms with E-state index in [-0.39, 0.29) is 12.0 Å². The van der Waals surface area contributed by atoms with Gasteiger partial charge in [0, 0.05) is 18.7 Å². The van der Waals surface area contributed by atoms with E-state index in [9.17, 15) is 4.79 Å². The van der Waals surface area contributed by atoms with Crippen molar-refractivity contribution >= 4 is 11.6 Å². The monoisotopic (exact) mass is 250 g/mol. The fourth-order valence-corrected chi connectivity index (χ4v) is 1.99. The van der Waals surface area contributed by atoms with E-state index in [0.717, 1.165) is 19.4 Å². The first-order valence-corrected chi connectivity index (χ1v) is 6.04. The Labute approximate surface area is 106 Å². The molecular weight excluding hydrogens is 232 g/mol. The average Bonchev–Trinajstić information content (AvgIpc) is 2.89. The Kier molecular flexibility index (Phi) is 4.04. The SMILES string of the molecule is COc1ccc(C(=O)NC[C@H]2CCCO2)cc1N. The second kappa shape index (κ2) is 5.73. The molecule has 0 spiro atoms. The molecule has 0 aliphatic carbocycles. The van der Waals surface area contributed by atoms with Gasteiger partial charge in [-0.25, -0.2) is 0 Å². The van der Waals surface area contributed by atoms with E-state index in [1.807, 2.05) is 0 Å². The Morgan fingerprint density at radius 2 is 2.44 bits per heavy atom. The maximum atomic E-state index is 11.9. The Balaban J connectivity index is 1.93. The van der Waals surface area contributed by atoms with Crippen LogP contribution < -0.4 is 15.8 Å². The maximum absolute atomic E-state index is 11.9. The first kappa shape index (κ1) is 12.7. The number of nitrogen functional groups attached to an aromatic ring is 1. The van der Waals surface area contributed by atoms with Gasteiger partial charge in [0.05, 0.1) is 18.9 Å². The normalized spacial score (nSPS) is 18.6. The zero-order chi connectivity index (χ0) is 13.0. The Morgan fingerprint density at radius 3 is 3.06 bits per heavy atom. The van der Waals surface area contributed by atoms with Crippen molar-refractivity contribution in [3.05, 3.63) is 23.8 Å². The van der Waals surface area contributed by atoms with E-state index in [1.54, 1.807) is 25.3 Å². The van der Waals surface area contributed by atoms with Crippen molar-refractivity contribution in [2.45, 2.75) is 18.9 Å². The average molecular weight is 250 g/mol. The molecule has 0 saturated carbocycles. The van der Waals surface area contributed by atoms with Gasteiger partial charge in [-0.2, -0.15) is 0 Å². The Bertz CT molecular complexity index is 428. The van der Waals surface area contributed by atoms with E-state index in [0.29, 0.717) is 23.5 Å². The third-order valence-electron chi connectivity index (χ3n) is 3.01. The number of nitrogens with one attached hydrogen (secondary N) is 1. The van der Waals surface area contributed by atoms with Crippen LogP contribution in [0.4, 0.5) is 5.69 Å². The van der Waals surface area contributed by atoms with Crippen LogP contribution in [0, 0.1) is 0 Å². The number of benzene rings is 1. The lowest BCUT2D eigenvalue weighted by atomic mass is 10.1. The predicted molar refractivity (Wildman–Crippen MR) is 68.7 cm³/mol. The Morgan fingerprint density at radius 1 is 1.61 bits per heavy atom. The van der Waals surface area contributed by atoms with E-state index >= 15 is 0 Å². The van der Waals surface area contributed by atoms with Gasteiger partial charge in [-0.3, -0.25) is 4.79 Å². The van der Waals surface area contributed by atoms with Crippen molar-refractivity contribution in [3.63, 3.8) is 0 Å². The first-order valence-electron chi connectivity index (χ1n) is 6.04. The topological polar surface area (TPSA) is 73.6 Å². The van der Waals surface area contributed by atoms with Gasteiger partial charge in [-0.05, 0) is 31.0 Å². The van der Waals surface area contributed by atoms with E-state index in [4.69, 9.17) is 15.2 Å². The molecule has 1 saturated heterocycles. The van der Waals surface area contributed by atoms with Crippen molar-refractivity contribution in [2.75, 3.05) is 26.0 Å². The van der Waals surface area contributed by atoms with Crippen LogP contribution in [-0.2, 0) is 4.74 Å². The first-order chi connectivity index (χ1) is 8.70. The molecule has 1 fully saturated rings. The van der Waals surface area contributed by atoms with Crippen molar-refractivity contribution < 1.29 is 14.3 Å². The molecule has 0 bridgehead atoms. The quantitative estimate of drug-likeness (QED) is 0.787. The highest BCUT2D eigenvalue weighted by molar-refractivity contribution is 5.95. The zero-order valence-electron chi connectivity index (χ0n) is 10.4. The third kappa shape index (κ3) is 2.92. The van der Waals surface area contributed by atoms with Crippen molar-refractivity contribution in [3.8, 4) is 5.75 Å². The van der Waals surface area contributed by atoms with Crippen LogP contribution in [0.5, 0.6) is 5.75 Å². The minimum atomic E-state index is -0.139. The summed E-state index contributed by atoms with van der Waals surface area (Å²) in [5.41, 5.74) is 6.75. The second-order valence-electron chi connectivity index (χ2n) is 4.30. The van der Waals surface area contributed by atoms with Gasteiger partial charge < -0.3 is 20.5 Å².